The van der Waals surface area contributed by atoms with Gasteiger partial charge in [0.1, 0.15) is 11.9 Å². The van der Waals surface area contributed by atoms with Crippen molar-refractivity contribution in [2.45, 2.75) is 51.4 Å². The number of nitrogens with zero attached hydrogens (tertiary/aromatic N) is 2. The molecule has 3 unspecified atom stereocenters. The number of hydrogen-bond acceptors (Lipinski definition) is 3. The van der Waals surface area contributed by atoms with E-state index in [1.165, 1.54) is 6.42 Å². The van der Waals surface area contributed by atoms with Crippen LogP contribution >= 0.6 is 0 Å². The zero-order chi connectivity index (χ0) is 12.2. The molecule has 2 fully saturated rings. The second kappa shape index (κ2) is 3.51. The van der Waals surface area contributed by atoms with E-state index in [0.717, 1.165) is 24.1 Å². The molecule has 3 atom stereocenters. The zero-order valence-electron chi connectivity index (χ0n) is 10.2. The van der Waals surface area contributed by atoms with Gasteiger partial charge in [-0.1, -0.05) is 0 Å². The fourth-order valence-corrected chi connectivity index (χ4v) is 3.31. The van der Waals surface area contributed by atoms with Crippen molar-refractivity contribution in [3.8, 4) is 6.07 Å². The van der Waals surface area contributed by atoms with Crippen molar-refractivity contribution in [2.24, 2.45) is 0 Å². The number of hydrogen-bond donors (Lipinski definition) is 1. The van der Waals surface area contributed by atoms with Gasteiger partial charge < -0.3 is 15.0 Å². The van der Waals surface area contributed by atoms with Crippen LogP contribution in [-0.4, -0.2) is 16.8 Å². The van der Waals surface area contributed by atoms with Crippen molar-refractivity contribution in [3.05, 3.63) is 16.8 Å². The Morgan fingerprint density at radius 2 is 2.18 bits per heavy atom. The molecule has 2 aliphatic heterocycles. The van der Waals surface area contributed by atoms with Gasteiger partial charge in [0, 0.05) is 5.69 Å². The van der Waals surface area contributed by atoms with Crippen LogP contribution in [0.5, 0.6) is 0 Å². The van der Waals surface area contributed by atoms with Crippen molar-refractivity contribution in [1.82, 2.24) is 4.57 Å². The summed E-state index contributed by atoms with van der Waals surface area (Å²) in [4.78, 5) is 0. The molecule has 2 N–H and O–H groups in total. The topological polar surface area (TPSA) is 64.0 Å². The average molecular weight is 231 g/mol. The van der Waals surface area contributed by atoms with Crippen LogP contribution in [0.25, 0.3) is 0 Å². The molecule has 4 heteroatoms. The van der Waals surface area contributed by atoms with Crippen LogP contribution in [0.3, 0.4) is 0 Å². The molecule has 1 aromatic heterocycles. The van der Waals surface area contributed by atoms with Crippen molar-refractivity contribution >= 4 is 5.82 Å². The summed E-state index contributed by atoms with van der Waals surface area (Å²) in [5.41, 5.74) is 8.86. The molecule has 1 aromatic rings. The van der Waals surface area contributed by atoms with E-state index < -0.39 is 0 Å². The van der Waals surface area contributed by atoms with Crippen LogP contribution in [0.1, 0.15) is 42.1 Å². The number of rotatable bonds is 1. The second-order valence-electron chi connectivity index (χ2n) is 5.13. The summed E-state index contributed by atoms with van der Waals surface area (Å²) in [5.74, 6) is 0.614. The average Bonchev–Trinajstić information content (AvgIpc) is 2.96. The third-order valence-electron chi connectivity index (χ3n) is 4.31. The Kier molecular flexibility index (Phi) is 2.20. The first kappa shape index (κ1) is 10.7. The molecular formula is C13H17N3O. The van der Waals surface area contributed by atoms with Crippen LogP contribution in [0, 0.1) is 25.2 Å². The van der Waals surface area contributed by atoms with Gasteiger partial charge in [0.2, 0.25) is 0 Å². The van der Waals surface area contributed by atoms with E-state index in [4.69, 9.17) is 15.7 Å². The lowest BCUT2D eigenvalue weighted by molar-refractivity contribution is 0.0939. The van der Waals surface area contributed by atoms with Gasteiger partial charge in [-0.3, -0.25) is 0 Å². The Hall–Kier alpha value is -1.47. The lowest BCUT2D eigenvalue weighted by Gasteiger charge is -2.23. The zero-order valence-corrected chi connectivity index (χ0v) is 10.2. The van der Waals surface area contributed by atoms with Gasteiger partial charge in [-0.05, 0) is 38.7 Å². The highest BCUT2D eigenvalue weighted by atomic mass is 16.5. The number of aromatic nitrogens is 1. The van der Waals surface area contributed by atoms with Gasteiger partial charge >= 0.3 is 0 Å². The molecule has 0 saturated carbocycles. The van der Waals surface area contributed by atoms with Crippen molar-refractivity contribution in [2.75, 3.05) is 5.73 Å². The summed E-state index contributed by atoms with van der Waals surface area (Å²) in [7, 11) is 0. The third-order valence-corrected chi connectivity index (χ3v) is 4.31. The molecule has 0 aliphatic carbocycles. The Balaban J connectivity index is 2.07. The summed E-state index contributed by atoms with van der Waals surface area (Å²) in [6.45, 7) is 4.01. The molecule has 0 aromatic carbocycles. The van der Waals surface area contributed by atoms with Gasteiger partial charge in [-0.25, -0.2) is 0 Å². The quantitative estimate of drug-likeness (QED) is 0.804. The Morgan fingerprint density at radius 3 is 2.65 bits per heavy atom. The largest absolute Gasteiger partial charge is 0.384 e. The molecule has 90 valence electrons. The fraction of sp³-hybridized carbons (Fsp3) is 0.615. The predicted octanol–water partition coefficient (Wildman–Crippen LogP) is 2.05. The maximum absolute atomic E-state index is 9.14. The van der Waals surface area contributed by atoms with Gasteiger partial charge in [0.05, 0.1) is 23.8 Å². The highest BCUT2D eigenvalue weighted by Gasteiger charge is 2.43. The van der Waals surface area contributed by atoms with Crippen LogP contribution in [0.4, 0.5) is 5.82 Å². The van der Waals surface area contributed by atoms with Crippen molar-refractivity contribution in [3.63, 3.8) is 0 Å². The highest BCUT2D eigenvalue weighted by Crippen LogP contribution is 2.44. The monoisotopic (exact) mass is 231 g/mol. The smallest absolute Gasteiger partial charge is 0.122 e. The lowest BCUT2D eigenvalue weighted by Crippen LogP contribution is -2.23. The molecule has 0 amide bonds. The third kappa shape index (κ3) is 1.32. The number of nitrogen functional groups attached to an aromatic ring is 1. The van der Waals surface area contributed by atoms with Crippen LogP contribution in [0.2, 0.25) is 0 Å². The summed E-state index contributed by atoms with van der Waals surface area (Å²) in [6.07, 6.45) is 4.02. The first-order valence-electron chi connectivity index (χ1n) is 6.16. The van der Waals surface area contributed by atoms with Crippen LogP contribution < -0.4 is 5.73 Å². The minimum absolute atomic E-state index is 0.291. The number of fused-ring (bicyclic) bond motifs is 2. The number of anilines is 1. The maximum Gasteiger partial charge on any atom is 0.122 e. The Bertz CT molecular complexity index is 512. The molecule has 4 nitrogen and oxygen atoms in total. The van der Waals surface area contributed by atoms with E-state index >= 15 is 0 Å². The Labute approximate surface area is 101 Å². The fourth-order valence-electron chi connectivity index (χ4n) is 3.31. The predicted molar refractivity (Wildman–Crippen MR) is 64.6 cm³/mol. The van der Waals surface area contributed by atoms with Gasteiger partial charge in [0.15, 0.2) is 0 Å². The first-order valence-corrected chi connectivity index (χ1v) is 6.16. The molecule has 17 heavy (non-hydrogen) atoms. The van der Waals surface area contributed by atoms with E-state index in [1.807, 2.05) is 13.8 Å². The van der Waals surface area contributed by atoms with Crippen molar-refractivity contribution in [1.29, 1.82) is 5.26 Å². The standard InChI is InChI=1S/C13H17N3O/c1-7-8(2)16(13(15)10(7)6-14)11-5-9-3-4-12(11)17-9/h9,11-12H,3-5,15H2,1-2H3. The van der Waals surface area contributed by atoms with Gasteiger partial charge in [-0.15, -0.1) is 0 Å². The second-order valence-corrected chi connectivity index (χ2v) is 5.13. The molecule has 0 radical (unpaired) electrons. The number of nitrogens with two attached hydrogens (primary N) is 1. The summed E-state index contributed by atoms with van der Waals surface area (Å²) < 4.78 is 8.00. The van der Waals surface area contributed by atoms with Crippen molar-refractivity contribution < 1.29 is 4.74 Å². The molecule has 2 aliphatic rings. The molecule has 2 saturated heterocycles. The van der Waals surface area contributed by atoms with E-state index in [0.29, 0.717) is 29.6 Å². The molecule has 3 rings (SSSR count). The van der Waals surface area contributed by atoms with Crippen LogP contribution in [0.15, 0.2) is 0 Å². The van der Waals surface area contributed by atoms with E-state index in [-0.39, 0.29) is 0 Å². The minimum atomic E-state index is 0.291. The molecule has 2 bridgehead atoms. The number of nitriles is 1. The molecule has 0 spiro atoms. The van der Waals surface area contributed by atoms with E-state index in [9.17, 15) is 0 Å². The Morgan fingerprint density at radius 1 is 1.41 bits per heavy atom. The minimum Gasteiger partial charge on any atom is -0.384 e. The SMILES string of the molecule is Cc1c(C#N)c(N)n(C2CC3CCC2O3)c1C. The maximum atomic E-state index is 9.14. The highest BCUT2D eigenvalue weighted by molar-refractivity contribution is 5.58. The summed E-state index contributed by atoms with van der Waals surface area (Å²) in [6, 6.07) is 2.53. The first-order chi connectivity index (χ1) is 8.13. The van der Waals surface area contributed by atoms with Crippen LogP contribution in [-0.2, 0) is 4.74 Å². The van der Waals surface area contributed by atoms with E-state index in [2.05, 4.69) is 10.6 Å². The summed E-state index contributed by atoms with van der Waals surface area (Å²) >= 11 is 0. The number of ether oxygens (including phenoxy) is 1. The normalized spacial score (nSPS) is 30.8. The van der Waals surface area contributed by atoms with E-state index in [1.54, 1.807) is 0 Å². The molecular weight excluding hydrogens is 214 g/mol. The van der Waals surface area contributed by atoms with Gasteiger partial charge in [-0.2, -0.15) is 5.26 Å². The lowest BCUT2D eigenvalue weighted by atomic mass is 9.95. The summed E-state index contributed by atoms with van der Waals surface area (Å²) in [5, 5.41) is 9.14. The molecule has 3 heterocycles. The van der Waals surface area contributed by atoms with Gasteiger partial charge in [0.25, 0.3) is 0 Å².